The molecule has 0 bridgehead atoms. The van der Waals surface area contributed by atoms with Gasteiger partial charge in [0.15, 0.2) is 0 Å². The van der Waals surface area contributed by atoms with Crippen LogP contribution in [0.1, 0.15) is 48.0 Å². The summed E-state index contributed by atoms with van der Waals surface area (Å²) in [5, 5.41) is 38.9. The second-order valence-electron chi connectivity index (χ2n) is 5.82. The van der Waals surface area contributed by atoms with E-state index in [-0.39, 0.29) is 45.4 Å². The van der Waals surface area contributed by atoms with Gasteiger partial charge in [-0.3, -0.25) is 0 Å². The molecule has 0 aromatic carbocycles. The Morgan fingerprint density at radius 3 is 0.886 bits per heavy atom. The standard InChI is InChI=1S/2C4H6N6.2C3H8.2CNS.CH4.AsF5.2BrH.FH.2Os/c2*1-5-6-2-9(1)10-3-7-8-4-10;2*1-3-2;2*2-1-3;;2-1(3,4,5)6;;;;;/h2*1-5,7H;2*3H2,1-2H3;;;1H4;;3*1H;;/q2*-2;;;2*-1;;;;;;+2;+4/p-3. The number of hydrazone groups is 4. The van der Waals surface area contributed by atoms with Crippen LogP contribution in [0.4, 0.5) is 17.3 Å². The van der Waals surface area contributed by atoms with Gasteiger partial charge in [-0.2, -0.15) is 10.3 Å². The Labute approximate surface area is 302 Å². The maximum atomic E-state index is 9.89. The first-order valence-electron chi connectivity index (χ1n) is 10.3. The molecule has 4 rings (SSSR count). The smallest absolute Gasteiger partial charge is 1.00 e. The molecule has 4 aliphatic heterocycles. The molecule has 4 heterocycles. The van der Waals surface area contributed by atoms with Gasteiger partial charge >= 0.3 is 92.5 Å². The van der Waals surface area contributed by atoms with Crippen molar-refractivity contribution >= 4 is 102 Å². The molecule has 44 heavy (non-hydrogen) atoms. The molecule has 14 nitrogen and oxygen atoms in total. The number of nitrogens with zero attached hydrogens (tertiary/aromatic N) is 10. The van der Waals surface area contributed by atoms with Crippen LogP contribution in [0.25, 0.3) is 10.8 Å². The minimum Gasteiger partial charge on any atom is -1.00 e. The monoisotopic (exact) mass is 1230 g/mol. The van der Waals surface area contributed by atoms with Crippen LogP contribution < -0.4 is 26.4 Å². The minimum atomic E-state index is -8.99. The summed E-state index contributed by atoms with van der Waals surface area (Å²) in [6.07, 6.45) is 9.04. The predicted octanol–water partition coefficient (Wildman–Crippen LogP) is 2.87. The first kappa shape index (κ1) is 58.6. The largest absolute Gasteiger partial charge is 4.00 e. The zero-order valence-corrected chi connectivity index (χ0v) is 34.3. The first-order valence-corrected chi connectivity index (χ1v) is 25.8. The average Bonchev–Trinajstić information content (AvgIpc) is 3.68. The number of hydrazine groups is 2. The van der Waals surface area contributed by atoms with Crippen molar-refractivity contribution in [1.29, 1.82) is 0 Å². The number of thiocarbonyl (C=S) groups is 2. The van der Waals surface area contributed by atoms with Crippen LogP contribution in [0.3, 0.4) is 0 Å². The normalized spacial score (nSPS) is 14.1. The number of halogens is 8. The van der Waals surface area contributed by atoms with Crippen LogP contribution in [0, 0.1) is 26.7 Å². The zero-order valence-electron chi connectivity index (χ0n) is 22.5. The number of nitrogens with one attached hydrogen (secondary N) is 4. The predicted molar refractivity (Wildman–Crippen MR) is 171 cm³/mol. The van der Waals surface area contributed by atoms with Crippen molar-refractivity contribution in [3.05, 3.63) is 37.5 Å². The quantitative estimate of drug-likeness (QED) is 0.107. The van der Waals surface area contributed by atoms with Crippen LogP contribution in [-0.4, -0.2) is 70.5 Å². The third-order valence-electron chi connectivity index (χ3n) is 2.30. The molecule has 262 valence electrons. The van der Waals surface area contributed by atoms with Gasteiger partial charge in [0, 0.05) is 0 Å². The van der Waals surface area contributed by atoms with Crippen LogP contribution in [-0.2, 0) is 33.2 Å². The van der Waals surface area contributed by atoms with Crippen LogP contribution in [0.2, 0.25) is 0 Å². The van der Waals surface area contributed by atoms with E-state index in [0.29, 0.717) is 0 Å². The molecule has 0 saturated heterocycles. The third-order valence-corrected chi connectivity index (χ3v) is 2.30. The van der Waals surface area contributed by atoms with Crippen molar-refractivity contribution in [2.24, 2.45) is 20.4 Å². The van der Waals surface area contributed by atoms with Crippen LogP contribution in [0.5, 0.6) is 0 Å². The zero-order chi connectivity index (χ0) is 32.6. The molecule has 27 heteroatoms. The van der Waals surface area contributed by atoms with Gasteiger partial charge in [0.1, 0.15) is 0 Å². The topological polar surface area (TPSA) is 155 Å². The van der Waals surface area contributed by atoms with Crippen molar-refractivity contribution in [2.75, 3.05) is 0 Å². The fourth-order valence-electron chi connectivity index (χ4n) is 1.38. The minimum absolute atomic E-state index is 0. The maximum absolute atomic E-state index is 9.89. The van der Waals surface area contributed by atoms with Gasteiger partial charge in [-0.25, -0.2) is 20.4 Å². The van der Waals surface area contributed by atoms with Crippen LogP contribution >= 0.6 is 51.6 Å². The van der Waals surface area contributed by atoms with E-state index in [0.717, 1.165) is 0 Å². The second-order valence-corrected chi connectivity index (χ2v) is 20.0. The van der Waals surface area contributed by atoms with Crippen molar-refractivity contribution < 1.29 is 55.3 Å². The Morgan fingerprint density at radius 1 is 0.705 bits per heavy atom. The van der Waals surface area contributed by atoms with E-state index in [1.54, 1.807) is 72.1 Å². The third kappa shape index (κ3) is 53.6. The van der Waals surface area contributed by atoms with E-state index >= 15 is 0 Å². The van der Waals surface area contributed by atoms with Gasteiger partial charge in [0.2, 0.25) is 0 Å². The molecule has 4 N–H and O–H groups in total. The van der Waals surface area contributed by atoms with E-state index in [4.69, 9.17) is 10.8 Å². The summed E-state index contributed by atoms with van der Waals surface area (Å²) in [5.41, 5.74) is 10.7. The van der Waals surface area contributed by atoms with E-state index in [9.17, 15) is 17.3 Å². The van der Waals surface area contributed by atoms with Gasteiger partial charge in [-0.05, 0) is 0 Å². The molecule has 0 saturated carbocycles. The van der Waals surface area contributed by atoms with E-state index < -0.39 is 14.8 Å². The molecule has 0 aromatic heterocycles. The molecule has 0 fully saturated rings. The summed E-state index contributed by atoms with van der Waals surface area (Å²) < 4.78 is 49.4. The van der Waals surface area contributed by atoms with Crippen molar-refractivity contribution in [1.82, 2.24) is 41.7 Å². The second kappa shape index (κ2) is 40.1. The summed E-state index contributed by atoms with van der Waals surface area (Å²) >= 11 is 4.86. The number of hydrogen-bond donors (Lipinski definition) is 4. The van der Waals surface area contributed by atoms with E-state index in [1.807, 2.05) is 0 Å². The van der Waals surface area contributed by atoms with E-state index in [1.165, 1.54) is 23.2 Å². The van der Waals surface area contributed by atoms with Gasteiger partial charge in [-0.15, -0.1) is 26.7 Å². The Bertz CT molecular complexity index is 713. The number of hydrogen-bond acceptors (Lipinski definition) is 14. The first-order chi connectivity index (χ1) is 19.2. The van der Waals surface area contributed by atoms with Crippen molar-refractivity contribution in [2.45, 2.75) is 48.0 Å². The molecule has 4 aliphatic rings. The van der Waals surface area contributed by atoms with Gasteiger partial charge in [0.25, 0.3) is 0 Å². The molecular weight excluding hydrogens is 1190 g/mol. The number of isothiocyanates is 2. The summed E-state index contributed by atoms with van der Waals surface area (Å²) in [5.74, 6) is 0. The molecule has 0 radical (unpaired) electrons. The molecule has 0 atom stereocenters. The molecule has 0 unspecified atom stereocenters. The fraction of sp³-hybridized carbons (Fsp3) is 0.412. The van der Waals surface area contributed by atoms with Crippen LogP contribution in [0.15, 0.2) is 20.4 Å². The van der Waals surface area contributed by atoms with Gasteiger partial charge < -0.3 is 57.3 Å². The Kier molecular flexibility index (Phi) is 53.3. The Balaban J connectivity index is -0.0000000757. The van der Waals surface area contributed by atoms with Gasteiger partial charge in [-0.1, -0.05) is 72.4 Å². The summed E-state index contributed by atoms with van der Waals surface area (Å²) in [6.45, 7) is 15.3. The maximum Gasteiger partial charge on any atom is 4.00 e. The molecule has 0 spiro atoms. The molecule has 0 amide bonds. The number of rotatable bonds is 2. The fourth-order valence-corrected chi connectivity index (χ4v) is 1.38. The van der Waals surface area contributed by atoms with Gasteiger partial charge in [0.05, 0.1) is 25.4 Å². The Morgan fingerprint density at radius 2 is 0.818 bits per heavy atom. The summed E-state index contributed by atoms with van der Waals surface area (Å²) in [6, 6.07) is 0. The van der Waals surface area contributed by atoms with E-state index in [2.05, 4.69) is 121 Å². The Hall–Kier alpha value is -0.949. The summed E-state index contributed by atoms with van der Waals surface area (Å²) in [7, 11) is 0. The molecule has 0 aliphatic carbocycles. The molecule has 0 aromatic rings. The van der Waals surface area contributed by atoms with Crippen molar-refractivity contribution in [3.8, 4) is 0 Å². The SMILES string of the molecule is C.C1=NN[CH-]N1N1C=NN[CH-]1.C1=NN[CH-]N1N1C=NN[CH-]1.CCC.CCC.F[As](F)(F)(F)F.[Br][Os][Br].[F-].[N-]=C=S.[N-]=C=S.[Os+4]. The average molecular weight is 1230 g/mol. The van der Waals surface area contributed by atoms with Crippen molar-refractivity contribution in [3.63, 3.8) is 0 Å². The summed E-state index contributed by atoms with van der Waals surface area (Å²) in [4.78, 5) is 0. The molecular formula is C17H32AsBr2F6N14Os2S2-3.